The molecule has 1 aromatic rings. The summed E-state index contributed by atoms with van der Waals surface area (Å²) in [5, 5.41) is 3.76. The lowest BCUT2D eigenvalue weighted by Crippen LogP contribution is -2.28. The lowest BCUT2D eigenvalue weighted by Gasteiger charge is -2.30. The van der Waals surface area contributed by atoms with Crippen LogP contribution < -0.4 is 5.32 Å². The van der Waals surface area contributed by atoms with Gasteiger partial charge < -0.3 is 5.32 Å². The molecule has 1 heteroatoms. The topological polar surface area (TPSA) is 12.0 Å². The third-order valence-corrected chi connectivity index (χ3v) is 4.87. The van der Waals surface area contributed by atoms with E-state index in [4.69, 9.17) is 0 Å². The van der Waals surface area contributed by atoms with E-state index >= 15 is 0 Å². The lowest BCUT2D eigenvalue weighted by atomic mass is 9.82. The Morgan fingerprint density at radius 3 is 2.47 bits per heavy atom. The number of rotatable bonds is 5. The van der Waals surface area contributed by atoms with E-state index in [0.717, 1.165) is 17.9 Å². The largest absolute Gasteiger partial charge is 0.382 e. The summed E-state index contributed by atoms with van der Waals surface area (Å²) in [5.74, 6) is 2.10. The number of hydrogen-bond donors (Lipinski definition) is 1. The van der Waals surface area contributed by atoms with Gasteiger partial charge in [0.05, 0.1) is 0 Å². The molecule has 2 aliphatic carbocycles. The van der Waals surface area contributed by atoms with E-state index in [1.54, 1.807) is 0 Å². The Labute approximate surface area is 117 Å². The van der Waals surface area contributed by atoms with Crippen LogP contribution in [0, 0.1) is 11.8 Å². The molecule has 2 fully saturated rings. The van der Waals surface area contributed by atoms with Gasteiger partial charge in [0.25, 0.3) is 0 Å². The fourth-order valence-corrected chi connectivity index (χ4v) is 3.65. The molecule has 104 valence electrons. The molecular formula is C18H27N. The summed E-state index contributed by atoms with van der Waals surface area (Å²) >= 11 is 0. The van der Waals surface area contributed by atoms with E-state index in [9.17, 15) is 0 Å². The Bertz CT molecular complexity index is 391. The maximum atomic E-state index is 3.76. The fourth-order valence-electron chi connectivity index (χ4n) is 3.65. The summed E-state index contributed by atoms with van der Waals surface area (Å²) in [6.45, 7) is 2.24. The Morgan fingerprint density at radius 2 is 1.79 bits per heavy atom. The van der Waals surface area contributed by atoms with Crippen molar-refractivity contribution in [2.45, 2.75) is 64.3 Å². The zero-order valence-corrected chi connectivity index (χ0v) is 12.2. The van der Waals surface area contributed by atoms with Gasteiger partial charge in [-0.1, -0.05) is 38.3 Å². The summed E-state index contributed by atoms with van der Waals surface area (Å²) in [5.41, 5.74) is 2.79. The van der Waals surface area contributed by atoms with E-state index in [2.05, 4.69) is 36.5 Å². The minimum atomic E-state index is 0.719. The highest BCUT2D eigenvalue weighted by Gasteiger charge is 2.34. The van der Waals surface area contributed by atoms with E-state index in [0.29, 0.717) is 0 Å². The summed E-state index contributed by atoms with van der Waals surface area (Å²) in [4.78, 5) is 0. The van der Waals surface area contributed by atoms with Crippen molar-refractivity contribution in [3.8, 4) is 0 Å². The molecule has 0 heterocycles. The Hall–Kier alpha value is -0.980. The van der Waals surface area contributed by atoms with Crippen LogP contribution in [-0.2, 0) is 6.42 Å². The summed E-state index contributed by atoms with van der Waals surface area (Å²) in [6.07, 6.45) is 11.1. The molecule has 0 saturated heterocycles. The molecule has 1 aromatic carbocycles. The van der Waals surface area contributed by atoms with Crippen molar-refractivity contribution in [3.63, 3.8) is 0 Å². The van der Waals surface area contributed by atoms with Crippen LogP contribution in [0.15, 0.2) is 24.3 Å². The van der Waals surface area contributed by atoms with Crippen LogP contribution in [0.3, 0.4) is 0 Å². The van der Waals surface area contributed by atoms with Gasteiger partial charge in [0.15, 0.2) is 0 Å². The predicted octanol–water partition coefficient (Wildman–Crippen LogP) is 5.02. The SMILES string of the molecule is CCCc1ccc(NC2CCCC(C3CC3)C2)cc1. The third kappa shape index (κ3) is 3.52. The Morgan fingerprint density at radius 1 is 1.00 bits per heavy atom. The molecule has 0 bridgehead atoms. The molecule has 19 heavy (non-hydrogen) atoms. The zero-order valence-electron chi connectivity index (χ0n) is 12.2. The van der Waals surface area contributed by atoms with Crippen molar-refractivity contribution >= 4 is 5.69 Å². The Balaban J connectivity index is 1.54. The first-order valence-electron chi connectivity index (χ1n) is 8.20. The van der Waals surface area contributed by atoms with Crippen molar-refractivity contribution in [1.82, 2.24) is 0 Å². The number of anilines is 1. The maximum Gasteiger partial charge on any atom is 0.0342 e. The molecular weight excluding hydrogens is 230 g/mol. The number of nitrogens with one attached hydrogen (secondary N) is 1. The monoisotopic (exact) mass is 257 g/mol. The second-order valence-electron chi connectivity index (χ2n) is 6.55. The van der Waals surface area contributed by atoms with E-state index in [-0.39, 0.29) is 0 Å². The maximum absolute atomic E-state index is 3.76. The van der Waals surface area contributed by atoms with Crippen molar-refractivity contribution < 1.29 is 0 Å². The molecule has 2 saturated carbocycles. The average molecular weight is 257 g/mol. The molecule has 0 amide bonds. The van der Waals surface area contributed by atoms with Crippen LogP contribution in [0.5, 0.6) is 0 Å². The van der Waals surface area contributed by atoms with E-state index in [1.807, 2.05) is 0 Å². The zero-order chi connectivity index (χ0) is 13.1. The van der Waals surface area contributed by atoms with Gasteiger partial charge in [0.2, 0.25) is 0 Å². The van der Waals surface area contributed by atoms with Crippen molar-refractivity contribution in [2.24, 2.45) is 11.8 Å². The fraction of sp³-hybridized carbons (Fsp3) is 0.667. The highest BCUT2D eigenvalue weighted by atomic mass is 14.9. The van der Waals surface area contributed by atoms with Crippen LogP contribution >= 0.6 is 0 Å². The molecule has 0 aliphatic heterocycles. The molecule has 1 nitrogen and oxygen atoms in total. The lowest BCUT2D eigenvalue weighted by molar-refractivity contribution is 0.303. The minimum absolute atomic E-state index is 0.719. The van der Waals surface area contributed by atoms with Crippen LogP contribution in [0.4, 0.5) is 5.69 Å². The molecule has 2 aliphatic rings. The summed E-state index contributed by atoms with van der Waals surface area (Å²) in [7, 11) is 0. The van der Waals surface area contributed by atoms with Gasteiger partial charge in [-0.25, -0.2) is 0 Å². The summed E-state index contributed by atoms with van der Waals surface area (Å²) in [6, 6.07) is 9.83. The highest BCUT2D eigenvalue weighted by Crippen LogP contribution is 2.44. The Kier molecular flexibility index (Phi) is 4.10. The number of benzene rings is 1. The van der Waals surface area contributed by atoms with Gasteiger partial charge in [-0.3, -0.25) is 0 Å². The van der Waals surface area contributed by atoms with Crippen LogP contribution in [0.25, 0.3) is 0 Å². The first kappa shape index (κ1) is 13.0. The minimum Gasteiger partial charge on any atom is -0.382 e. The number of aryl methyl sites for hydroxylation is 1. The van der Waals surface area contributed by atoms with E-state index in [1.165, 1.54) is 62.6 Å². The molecule has 1 N–H and O–H groups in total. The van der Waals surface area contributed by atoms with Gasteiger partial charge in [0, 0.05) is 11.7 Å². The van der Waals surface area contributed by atoms with Gasteiger partial charge in [0.1, 0.15) is 0 Å². The molecule has 2 atom stereocenters. The number of hydrogen-bond acceptors (Lipinski definition) is 1. The van der Waals surface area contributed by atoms with Crippen LogP contribution in [-0.4, -0.2) is 6.04 Å². The van der Waals surface area contributed by atoms with Gasteiger partial charge in [-0.05, 0) is 61.6 Å². The van der Waals surface area contributed by atoms with Crippen molar-refractivity contribution in [3.05, 3.63) is 29.8 Å². The van der Waals surface area contributed by atoms with Crippen molar-refractivity contribution in [1.29, 1.82) is 0 Å². The first-order chi connectivity index (χ1) is 9.35. The van der Waals surface area contributed by atoms with Crippen molar-refractivity contribution in [2.75, 3.05) is 5.32 Å². The predicted molar refractivity (Wildman–Crippen MR) is 82.5 cm³/mol. The third-order valence-electron chi connectivity index (χ3n) is 4.87. The van der Waals surface area contributed by atoms with Crippen LogP contribution in [0.2, 0.25) is 0 Å². The normalized spacial score (nSPS) is 27.2. The van der Waals surface area contributed by atoms with Gasteiger partial charge in [-0.2, -0.15) is 0 Å². The molecule has 0 aromatic heterocycles. The molecule has 2 unspecified atom stereocenters. The van der Waals surface area contributed by atoms with Crippen LogP contribution in [0.1, 0.15) is 57.4 Å². The average Bonchev–Trinajstić information content (AvgIpc) is 3.26. The smallest absolute Gasteiger partial charge is 0.0342 e. The standard InChI is InChI=1S/C18H27N/c1-2-4-14-7-11-17(12-8-14)19-18-6-3-5-16(13-18)15-9-10-15/h7-8,11-12,15-16,18-19H,2-6,9-10,13H2,1H3. The summed E-state index contributed by atoms with van der Waals surface area (Å²) < 4.78 is 0. The molecule has 0 radical (unpaired) electrons. The highest BCUT2D eigenvalue weighted by molar-refractivity contribution is 5.45. The quantitative estimate of drug-likeness (QED) is 0.781. The van der Waals surface area contributed by atoms with E-state index < -0.39 is 0 Å². The molecule has 3 rings (SSSR count). The second-order valence-corrected chi connectivity index (χ2v) is 6.55. The molecule has 0 spiro atoms. The first-order valence-corrected chi connectivity index (χ1v) is 8.20. The van der Waals surface area contributed by atoms with Gasteiger partial charge >= 0.3 is 0 Å². The van der Waals surface area contributed by atoms with Gasteiger partial charge in [-0.15, -0.1) is 0 Å². The second kappa shape index (κ2) is 5.98.